The largest absolute Gasteiger partial charge is 0.361 e. The third-order valence-corrected chi connectivity index (χ3v) is 4.43. The van der Waals surface area contributed by atoms with Gasteiger partial charge < -0.3 is 9.88 Å². The molecule has 0 unspecified atom stereocenters. The maximum Gasteiger partial charge on any atom is 0.0456 e. The van der Waals surface area contributed by atoms with E-state index in [2.05, 4.69) is 53.0 Å². The summed E-state index contributed by atoms with van der Waals surface area (Å²) < 4.78 is 3.08. The monoisotopic (exact) mass is 291 g/mol. The number of rotatable bonds is 3. The fraction of sp³-hybridized carbons (Fsp3) is 0.500. The lowest BCUT2D eigenvalue weighted by Crippen LogP contribution is -2.10. The number of hydrogen-bond donors (Lipinski definition) is 2. The van der Waals surface area contributed by atoms with E-state index in [9.17, 15) is 0 Å². The van der Waals surface area contributed by atoms with Gasteiger partial charge in [0.05, 0.1) is 0 Å². The van der Waals surface area contributed by atoms with Crippen LogP contribution in [0.4, 0.5) is 0 Å². The van der Waals surface area contributed by atoms with Crippen molar-refractivity contribution in [2.45, 2.75) is 25.5 Å². The minimum atomic E-state index is 1.01. The van der Waals surface area contributed by atoms with Crippen LogP contribution in [0.25, 0.3) is 10.9 Å². The molecule has 110 valence electrons. The summed E-state index contributed by atoms with van der Waals surface area (Å²) in [5.41, 5.74) is 3.90. The van der Waals surface area contributed by atoms with E-state index in [-0.39, 0.29) is 0 Å². The molecule has 0 atom stereocenters. The number of benzene rings is 1. The first kappa shape index (κ1) is 15.4. The van der Waals surface area contributed by atoms with Crippen LogP contribution in [0, 0.1) is 6.92 Å². The van der Waals surface area contributed by atoms with Gasteiger partial charge in [-0.2, -0.15) is 0 Å². The van der Waals surface area contributed by atoms with Crippen molar-refractivity contribution in [2.24, 2.45) is 0 Å². The van der Waals surface area contributed by atoms with Crippen molar-refractivity contribution >= 4 is 22.9 Å². The number of nitrogens with one attached hydrogen (secondary N) is 2. The Bertz CT molecular complexity index is 530. The van der Waals surface area contributed by atoms with Gasteiger partial charge >= 0.3 is 0 Å². The summed E-state index contributed by atoms with van der Waals surface area (Å²) in [6.07, 6.45) is 4.88. The smallest absolute Gasteiger partial charge is 0.0456 e. The molecule has 2 N–H and O–H groups in total. The fourth-order valence-corrected chi connectivity index (χ4v) is 2.92. The van der Waals surface area contributed by atoms with Gasteiger partial charge in [-0.3, -0.25) is 4.72 Å². The minimum Gasteiger partial charge on any atom is -0.361 e. The van der Waals surface area contributed by atoms with Crippen LogP contribution in [-0.2, 0) is 5.75 Å². The number of H-pyrrole nitrogens is 1. The van der Waals surface area contributed by atoms with Crippen LogP contribution < -0.4 is 4.72 Å². The molecule has 0 amide bonds. The van der Waals surface area contributed by atoms with Gasteiger partial charge in [-0.1, -0.05) is 18.0 Å². The fourth-order valence-electron chi connectivity index (χ4n) is 2.43. The second-order valence-electron chi connectivity index (χ2n) is 5.35. The van der Waals surface area contributed by atoms with Crippen LogP contribution in [0.15, 0.2) is 24.4 Å². The normalized spacial score (nSPS) is 15.3. The van der Waals surface area contributed by atoms with E-state index in [1.54, 1.807) is 11.9 Å². The van der Waals surface area contributed by atoms with E-state index in [1.807, 2.05) is 7.05 Å². The average Bonchev–Trinajstić information content (AvgIpc) is 3.07. The standard InChI is InChI=1S/C11H14N2S.C5H11N/c1-8-6-13-11-4-3-9(5-10(8)11)7-14-12-2;1-6-4-2-3-5-6/h3-6,12-13H,7H2,1-2H3;2-5H2,1H3. The zero-order valence-electron chi connectivity index (χ0n) is 12.7. The number of fused-ring (bicyclic) bond motifs is 1. The molecule has 0 spiro atoms. The zero-order valence-corrected chi connectivity index (χ0v) is 13.5. The maximum atomic E-state index is 3.25. The quantitative estimate of drug-likeness (QED) is 0.848. The highest BCUT2D eigenvalue weighted by molar-refractivity contribution is 7.96. The summed E-state index contributed by atoms with van der Waals surface area (Å²) in [6.45, 7) is 4.77. The Morgan fingerprint density at radius 2 is 2.05 bits per heavy atom. The predicted octanol–water partition coefficient (Wildman–Crippen LogP) is 3.56. The van der Waals surface area contributed by atoms with Gasteiger partial charge in [-0.15, -0.1) is 0 Å². The molecule has 0 saturated carbocycles. The summed E-state index contributed by atoms with van der Waals surface area (Å²) in [5.74, 6) is 1.01. The molecule has 1 aromatic carbocycles. The molecule has 0 bridgehead atoms. The van der Waals surface area contributed by atoms with Crippen molar-refractivity contribution in [3.8, 4) is 0 Å². The molecule has 3 nitrogen and oxygen atoms in total. The first-order valence-corrected chi connectivity index (χ1v) is 8.23. The molecule has 0 aliphatic carbocycles. The third kappa shape index (κ3) is 4.27. The van der Waals surface area contributed by atoms with Gasteiger partial charge in [0.1, 0.15) is 0 Å². The number of hydrogen-bond acceptors (Lipinski definition) is 3. The Morgan fingerprint density at radius 1 is 1.30 bits per heavy atom. The molecular formula is C16H25N3S. The van der Waals surface area contributed by atoms with E-state index in [0.717, 1.165) is 5.75 Å². The molecule has 1 aromatic heterocycles. The third-order valence-electron chi connectivity index (χ3n) is 3.67. The molecule has 3 rings (SSSR count). The number of likely N-dealkylation sites (tertiary alicyclic amines) is 1. The first-order valence-electron chi connectivity index (χ1n) is 7.24. The molecule has 2 aromatic rings. The minimum absolute atomic E-state index is 1.01. The second-order valence-corrected chi connectivity index (χ2v) is 6.34. The van der Waals surface area contributed by atoms with Crippen LogP contribution in [0.3, 0.4) is 0 Å². The Kier molecular flexibility index (Phi) is 5.95. The van der Waals surface area contributed by atoms with Gasteiger partial charge in [0.15, 0.2) is 0 Å². The van der Waals surface area contributed by atoms with E-state index in [1.165, 1.54) is 48.0 Å². The molecular weight excluding hydrogens is 266 g/mol. The molecule has 0 radical (unpaired) electrons. The van der Waals surface area contributed by atoms with Gasteiger partial charge in [-0.05, 0) is 70.2 Å². The van der Waals surface area contributed by atoms with Crippen molar-refractivity contribution < 1.29 is 0 Å². The van der Waals surface area contributed by atoms with E-state index in [0.29, 0.717) is 0 Å². The Morgan fingerprint density at radius 3 is 2.65 bits per heavy atom. The van der Waals surface area contributed by atoms with E-state index >= 15 is 0 Å². The molecule has 1 aliphatic rings. The number of nitrogens with zero attached hydrogens (tertiary/aromatic N) is 1. The Balaban J connectivity index is 0.000000205. The number of aryl methyl sites for hydroxylation is 1. The van der Waals surface area contributed by atoms with Crippen LogP contribution in [0.2, 0.25) is 0 Å². The SMILES string of the molecule is CN1CCCC1.CNSCc1ccc2[nH]cc(C)c2c1. The van der Waals surface area contributed by atoms with Crippen LogP contribution in [0.5, 0.6) is 0 Å². The van der Waals surface area contributed by atoms with Crippen molar-refractivity contribution in [2.75, 3.05) is 27.2 Å². The van der Waals surface area contributed by atoms with Crippen molar-refractivity contribution in [3.05, 3.63) is 35.5 Å². The molecule has 2 heterocycles. The van der Waals surface area contributed by atoms with Gasteiger partial charge in [0, 0.05) is 22.9 Å². The molecule has 4 heteroatoms. The number of aromatic nitrogens is 1. The summed E-state index contributed by atoms with van der Waals surface area (Å²) in [6, 6.07) is 6.57. The summed E-state index contributed by atoms with van der Waals surface area (Å²) >= 11 is 1.72. The Labute approximate surface area is 126 Å². The highest BCUT2D eigenvalue weighted by atomic mass is 32.2. The van der Waals surface area contributed by atoms with Crippen molar-refractivity contribution in [1.82, 2.24) is 14.6 Å². The van der Waals surface area contributed by atoms with E-state index in [4.69, 9.17) is 0 Å². The molecule has 1 fully saturated rings. The summed E-state index contributed by atoms with van der Waals surface area (Å²) in [4.78, 5) is 5.61. The van der Waals surface area contributed by atoms with Gasteiger partial charge in [0.25, 0.3) is 0 Å². The second kappa shape index (κ2) is 7.72. The lowest BCUT2D eigenvalue weighted by molar-refractivity contribution is 0.418. The predicted molar refractivity (Wildman–Crippen MR) is 90.1 cm³/mol. The van der Waals surface area contributed by atoms with Gasteiger partial charge in [0.2, 0.25) is 0 Å². The lowest BCUT2D eigenvalue weighted by atomic mass is 10.1. The summed E-state index contributed by atoms with van der Waals surface area (Å²) in [5, 5.41) is 1.33. The van der Waals surface area contributed by atoms with Gasteiger partial charge in [-0.25, -0.2) is 0 Å². The van der Waals surface area contributed by atoms with Crippen LogP contribution >= 0.6 is 11.9 Å². The highest BCUT2D eigenvalue weighted by Crippen LogP contribution is 2.20. The zero-order chi connectivity index (χ0) is 14.4. The van der Waals surface area contributed by atoms with Crippen molar-refractivity contribution in [1.29, 1.82) is 0 Å². The van der Waals surface area contributed by atoms with Crippen LogP contribution in [-0.4, -0.2) is 37.1 Å². The molecule has 20 heavy (non-hydrogen) atoms. The molecule has 1 saturated heterocycles. The summed E-state index contributed by atoms with van der Waals surface area (Å²) in [7, 11) is 4.12. The van der Waals surface area contributed by atoms with Crippen molar-refractivity contribution in [3.63, 3.8) is 0 Å². The molecule has 1 aliphatic heterocycles. The lowest BCUT2D eigenvalue weighted by Gasteiger charge is -2.01. The van der Waals surface area contributed by atoms with E-state index < -0.39 is 0 Å². The average molecular weight is 291 g/mol. The van der Waals surface area contributed by atoms with Crippen LogP contribution in [0.1, 0.15) is 24.0 Å². The Hall–Kier alpha value is -0.970. The first-order chi connectivity index (χ1) is 9.70. The number of aromatic amines is 1. The topological polar surface area (TPSA) is 31.1 Å². The highest BCUT2D eigenvalue weighted by Gasteiger charge is 2.03. The maximum absolute atomic E-state index is 3.25.